The fourth-order valence-electron chi connectivity index (χ4n) is 3.83. The summed E-state index contributed by atoms with van der Waals surface area (Å²) in [6.07, 6.45) is 1.42. The zero-order chi connectivity index (χ0) is 26.1. The fourth-order valence-corrected chi connectivity index (χ4v) is 5.26. The number of para-hydroxylation sites is 1. The van der Waals surface area contributed by atoms with Gasteiger partial charge in [-0.2, -0.15) is 0 Å². The molecule has 0 unspecified atom stereocenters. The molecule has 7 nitrogen and oxygen atoms in total. The van der Waals surface area contributed by atoms with Gasteiger partial charge in [-0.05, 0) is 75.1 Å². The zero-order valence-electron chi connectivity index (χ0n) is 21.3. The summed E-state index contributed by atoms with van der Waals surface area (Å²) < 4.78 is 39.5. The molecule has 0 bridgehead atoms. The van der Waals surface area contributed by atoms with Gasteiger partial charge in [0.05, 0.1) is 24.3 Å². The summed E-state index contributed by atoms with van der Waals surface area (Å²) in [7, 11) is -2.55. The van der Waals surface area contributed by atoms with E-state index in [4.69, 9.17) is 9.47 Å². The van der Waals surface area contributed by atoms with Gasteiger partial charge in [-0.1, -0.05) is 42.0 Å². The first-order valence-electron chi connectivity index (χ1n) is 12.0. The number of methoxy groups -OCH3 is 1. The van der Waals surface area contributed by atoms with Gasteiger partial charge < -0.3 is 14.8 Å². The summed E-state index contributed by atoms with van der Waals surface area (Å²) in [4.78, 5) is 13.0. The third kappa shape index (κ3) is 6.79. The Balaban J connectivity index is 1.77. The molecule has 0 fully saturated rings. The largest absolute Gasteiger partial charge is 0.495 e. The van der Waals surface area contributed by atoms with Crippen LogP contribution in [-0.2, 0) is 21.2 Å². The number of hydrogen-bond acceptors (Lipinski definition) is 5. The van der Waals surface area contributed by atoms with Crippen LogP contribution in [0.15, 0.2) is 71.6 Å². The third-order valence-corrected chi connectivity index (χ3v) is 7.49. The number of nitrogens with one attached hydrogen (secondary N) is 1. The van der Waals surface area contributed by atoms with Crippen LogP contribution in [0.2, 0.25) is 0 Å². The maximum absolute atomic E-state index is 13.6. The van der Waals surface area contributed by atoms with E-state index < -0.39 is 15.9 Å². The van der Waals surface area contributed by atoms with Crippen LogP contribution in [0.3, 0.4) is 0 Å². The van der Waals surface area contributed by atoms with Crippen molar-refractivity contribution in [2.24, 2.45) is 0 Å². The van der Waals surface area contributed by atoms with E-state index in [9.17, 15) is 13.2 Å². The Labute approximate surface area is 214 Å². The molecule has 0 saturated heterocycles. The van der Waals surface area contributed by atoms with Crippen molar-refractivity contribution in [2.45, 2.75) is 38.5 Å². The van der Waals surface area contributed by atoms with Crippen molar-refractivity contribution in [1.29, 1.82) is 0 Å². The molecule has 0 aliphatic heterocycles. The van der Waals surface area contributed by atoms with Crippen LogP contribution in [0.5, 0.6) is 11.5 Å². The van der Waals surface area contributed by atoms with E-state index in [1.54, 1.807) is 36.4 Å². The van der Waals surface area contributed by atoms with Crippen LogP contribution in [-0.4, -0.2) is 41.1 Å². The van der Waals surface area contributed by atoms with Gasteiger partial charge in [-0.15, -0.1) is 0 Å². The number of aryl methyl sites for hydroxylation is 3. The van der Waals surface area contributed by atoms with E-state index >= 15 is 0 Å². The third-order valence-electron chi connectivity index (χ3n) is 5.72. The molecule has 0 aliphatic rings. The molecule has 0 atom stereocenters. The number of carbonyl (C=O) groups excluding carboxylic acids is 1. The average Bonchev–Trinajstić information content (AvgIpc) is 2.86. The highest BCUT2D eigenvalue weighted by Crippen LogP contribution is 2.33. The van der Waals surface area contributed by atoms with Crippen LogP contribution >= 0.6 is 0 Å². The lowest BCUT2D eigenvalue weighted by Crippen LogP contribution is -2.41. The van der Waals surface area contributed by atoms with Gasteiger partial charge in [0.2, 0.25) is 5.91 Å². The summed E-state index contributed by atoms with van der Waals surface area (Å²) in [5, 5.41) is 2.86. The molecule has 8 heteroatoms. The fraction of sp³-hybridized carbons (Fsp3) is 0.321. The van der Waals surface area contributed by atoms with Crippen molar-refractivity contribution >= 4 is 21.6 Å². The number of nitrogens with zero attached hydrogens (tertiary/aromatic N) is 1. The molecule has 0 saturated carbocycles. The summed E-state index contributed by atoms with van der Waals surface area (Å²) in [5.74, 6) is 0.817. The van der Waals surface area contributed by atoms with Crippen molar-refractivity contribution in [1.82, 2.24) is 5.32 Å². The average molecular weight is 511 g/mol. The number of anilines is 1. The molecule has 192 valence electrons. The van der Waals surface area contributed by atoms with Gasteiger partial charge in [0.1, 0.15) is 18.0 Å². The Morgan fingerprint density at radius 3 is 2.33 bits per heavy atom. The monoisotopic (exact) mass is 510 g/mol. The molecule has 3 rings (SSSR count). The molecule has 0 aromatic heterocycles. The van der Waals surface area contributed by atoms with Gasteiger partial charge in [0.15, 0.2) is 0 Å². The normalized spacial score (nSPS) is 11.1. The lowest BCUT2D eigenvalue weighted by atomic mass is 10.1. The summed E-state index contributed by atoms with van der Waals surface area (Å²) >= 11 is 0. The molecular formula is C28H34N2O5S. The zero-order valence-corrected chi connectivity index (χ0v) is 22.1. The quantitative estimate of drug-likeness (QED) is 0.359. The maximum atomic E-state index is 13.6. The summed E-state index contributed by atoms with van der Waals surface area (Å²) in [6.45, 7) is 6.31. The second-order valence-corrected chi connectivity index (χ2v) is 10.4. The smallest absolute Gasteiger partial charge is 0.264 e. The number of sulfonamides is 1. The minimum Gasteiger partial charge on any atom is -0.495 e. The standard InChI is InChI=1S/C28H34N2O5S/c1-5-35-26-11-7-6-9-23(26)10-8-18-29-28(31)20-30(25-19-22(3)14-17-27(25)34-4)36(32,33)24-15-12-21(2)13-16-24/h6-7,9,11-17,19H,5,8,10,18,20H2,1-4H3,(H,29,31). The predicted molar refractivity (Wildman–Crippen MR) is 142 cm³/mol. The van der Waals surface area contributed by atoms with Crippen molar-refractivity contribution in [3.8, 4) is 11.5 Å². The first-order valence-corrected chi connectivity index (χ1v) is 13.4. The van der Waals surface area contributed by atoms with Crippen LogP contribution < -0.4 is 19.1 Å². The predicted octanol–water partition coefficient (Wildman–Crippen LogP) is 4.66. The first kappa shape index (κ1) is 27.1. The van der Waals surface area contributed by atoms with E-state index in [1.807, 2.05) is 51.1 Å². The summed E-state index contributed by atoms with van der Waals surface area (Å²) in [5.41, 5.74) is 3.18. The number of hydrogen-bond donors (Lipinski definition) is 1. The molecule has 0 heterocycles. The minimum absolute atomic E-state index is 0.108. The Hall–Kier alpha value is -3.52. The van der Waals surface area contributed by atoms with Crippen LogP contribution in [0.4, 0.5) is 5.69 Å². The number of ether oxygens (including phenoxy) is 2. The molecule has 3 aromatic rings. The second-order valence-electron chi connectivity index (χ2n) is 8.49. The highest BCUT2D eigenvalue weighted by molar-refractivity contribution is 7.92. The van der Waals surface area contributed by atoms with Crippen LogP contribution in [0.25, 0.3) is 0 Å². The van der Waals surface area contributed by atoms with Crippen molar-refractivity contribution < 1.29 is 22.7 Å². The van der Waals surface area contributed by atoms with Gasteiger partial charge in [-0.25, -0.2) is 8.42 Å². The van der Waals surface area contributed by atoms with Gasteiger partial charge in [-0.3, -0.25) is 9.10 Å². The Bertz CT molecular complexity index is 1270. The molecule has 0 radical (unpaired) electrons. The SMILES string of the molecule is CCOc1ccccc1CCCNC(=O)CN(c1cc(C)ccc1OC)S(=O)(=O)c1ccc(C)cc1. The second kappa shape index (κ2) is 12.4. The minimum atomic E-state index is -4.02. The Kier molecular flexibility index (Phi) is 9.36. The number of benzene rings is 3. The molecule has 36 heavy (non-hydrogen) atoms. The van der Waals surface area contributed by atoms with Crippen LogP contribution in [0, 0.1) is 13.8 Å². The van der Waals surface area contributed by atoms with Crippen molar-refractivity contribution in [2.75, 3.05) is 31.1 Å². The Morgan fingerprint density at radius 1 is 0.944 bits per heavy atom. The molecule has 3 aromatic carbocycles. The lowest BCUT2D eigenvalue weighted by molar-refractivity contribution is -0.119. The Morgan fingerprint density at radius 2 is 1.64 bits per heavy atom. The van der Waals surface area contributed by atoms with Crippen molar-refractivity contribution in [3.63, 3.8) is 0 Å². The number of amides is 1. The van der Waals surface area contributed by atoms with E-state index in [2.05, 4.69) is 5.32 Å². The van der Waals surface area contributed by atoms with Crippen molar-refractivity contribution in [3.05, 3.63) is 83.4 Å². The molecule has 0 aliphatic carbocycles. The highest BCUT2D eigenvalue weighted by atomic mass is 32.2. The summed E-state index contributed by atoms with van der Waals surface area (Å²) in [6, 6.07) is 19.6. The van der Waals surface area contributed by atoms with E-state index in [0.717, 1.165) is 33.2 Å². The maximum Gasteiger partial charge on any atom is 0.264 e. The number of rotatable bonds is 12. The number of carbonyl (C=O) groups is 1. The van der Waals surface area contributed by atoms with Gasteiger partial charge >= 0.3 is 0 Å². The highest BCUT2D eigenvalue weighted by Gasteiger charge is 2.29. The van der Waals surface area contributed by atoms with Crippen LogP contribution in [0.1, 0.15) is 30.0 Å². The molecular weight excluding hydrogens is 476 g/mol. The van der Waals surface area contributed by atoms with E-state index in [-0.39, 0.29) is 11.4 Å². The molecule has 0 spiro atoms. The molecule has 1 amide bonds. The van der Waals surface area contributed by atoms with E-state index in [1.165, 1.54) is 7.11 Å². The first-order chi connectivity index (χ1) is 17.3. The molecule has 1 N–H and O–H groups in total. The lowest BCUT2D eigenvalue weighted by Gasteiger charge is -2.26. The van der Waals surface area contributed by atoms with E-state index in [0.29, 0.717) is 31.0 Å². The topological polar surface area (TPSA) is 84.9 Å². The van der Waals surface area contributed by atoms with Gasteiger partial charge in [0, 0.05) is 6.54 Å². The van der Waals surface area contributed by atoms with Gasteiger partial charge in [0.25, 0.3) is 10.0 Å².